The van der Waals surface area contributed by atoms with Crippen molar-refractivity contribution in [2.75, 3.05) is 6.61 Å². The van der Waals surface area contributed by atoms with Gasteiger partial charge in [-0.1, -0.05) is 49.1 Å². The lowest BCUT2D eigenvalue weighted by atomic mass is 10.1. The molecule has 1 heterocycles. The number of nitrogens with zero attached hydrogens (tertiary/aromatic N) is 2. The van der Waals surface area contributed by atoms with Gasteiger partial charge in [0, 0.05) is 29.4 Å². The molecule has 1 N–H and O–H groups in total. The molecule has 0 aliphatic carbocycles. The Morgan fingerprint density at radius 2 is 1.88 bits per heavy atom. The van der Waals surface area contributed by atoms with Crippen LogP contribution in [0.4, 0.5) is 0 Å². The molecule has 0 fully saturated rings. The van der Waals surface area contributed by atoms with E-state index in [0.717, 1.165) is 29.2 Å². The highest BCUT2D eigenvalue weighted by Crippen LogP contribution is 2.22. The first-order chi connectivity index (χ1) is 12.7. The number of hydrogen-bond acceptors (Lipinski definition) is 3. The van der Waals surface area contributed by atoms with Crippen molar-refractivity contribution >= 4 is 0 Å². The van der Waals surface area contributed by atoms with Gasteiger partial charge in [0.05, 0.1) is 11.9 Å². The van der Waals surface area contributed by atoms with Gasteiger partial charge in [-0.2, -0.15) is 5.10 Å². The molecular weight excluding hydrogens is 322 g/mol. The Labute approximate surface area is 155 Å². The van der Waals surface area contributed by atoms with Gasteiger partial charge in [0.2, 0.25) is 0 Å². The van der Waals surface area contributed by atoms with Crippen molar-refractivity contribution in [2.45, 2.75) is 26.4 Å². The summed E-state index contributed by atoms with van der Waals surface area (Å²) in [7, 11) is 0. The van der Waals surface area contributed by atoms with Crippen molar-refractivity contribution in [1.29, 1.82) is 0 Å². The first-order valence-electron chi connectivity index (χ1n) is 8.85. The predicted molar refractivity (Wildman–Crippen MR) is 106 cm³/mol. The van der Waals surface area contributed by atoms with Crippen molar-refractivity contribution < 1.29 is 4.74 Å². The molecule has 0 aliphatic rings. The van der Waals surface area contributed by atoms with Gasteiger partial charge in [-0.05, 0) is 32.0 Å². The maximum atomic E-state index is 5.74. The van der Waals surface area contributed by atoms with E-state index in [9.17, 15) is 0 Å². The Hall–Kier alpha value is -2.85. The molecule has 0 radical (unpaired) electrons. The van der Waals surface area contributed by atoms with Gasteiger partial charge < -0.3 is 10.1 Å². The highest BCUT2D eigenvalue weighted by atomic mass is 16.5. The van der Waals surface area contributed by atoms with E-state index in [4.69, 9.17) is 4.74 Å². The maximum Gasteiger partial charge on any atom is 0.124 e. The topological polar surface area (TPSA) is 39.1 Å². The maximum absolute atomic E-state index is 5.74. The second-order valence-corrected chi connectivity index (χ2v) is 6.24. The van der Waals surface area contributed by atoms with Crippen molar-refractivity contribution in [3.05, 3.63) is 90.3 Å². The molecule has 0 bridgehead atoms. The van der Waals surface area contributed by atoms with Crippen LogP contribution in [-0.2, 0) is 6.54 Å². The molecule has 2 aromatic carbocycles. The normalized spacial score (nSPS) is 11.9. The molecule has 26 heavy (non-hydrogen) atoms. The third kappa shape index (κ3) is 4.03. The van der Waals surface area contributed by atoms with Crippen LogP contribution in [0.1, 0.15) is 29.8 Å². The second-order valence-electron chi connectivity index (χ2n) is 6.24. The van der Waals surface area contributed by atoms with Gasteiger partial charge in [-0.3, -0.25) is 0 Å². The molecule has 1 aromatic heterocycles. The molecule has 3 rings (SSSR count). The van der Waals surface area contributed by atoms with Crippen molar-refractivity contribution in [1.82, 2.24) is 15.1 Å². The zero-order chi connectivity index (χ0) is 18.4. The van der Waals surface area contributed by atoms with Crippen LogP contribution < -0.4 is 10.1 Å². The highest BCUT2D eigenvalue weighted by molar-refractivity contribution is 5.36. The van der Waals surface area contributed by atoms with Crippen molar-refractivity contribution in [3.8, 4) is 11.4 Å². The molecular formula is C22H25N3O. The molecule has 1 atom stereocenters. The Bertz CT molecular complexity index is 855. The first-order valence-corrected chi connectivity index (χ1v) is 8.85. The van der Waals surface area contributed by atoms with E-state index in [1.807, 2.05) is 47.3 Å². The van der Waals surface area contributed by atoms with Gasteiger partial charge in [0.15, 0.2) is 0 Å². The van der Waals surface area contributed by atoms with Crippen molar-refractivity contribution in [3.63, 3.8) is 0 Å². The lowest BCUT2D eigenvalue weighted by Crippen LogP contribution is -2.19. The highest BCUT2D eigenvalue weighted by Gasteiger charge is 2.14. The molecule has 0 spiro atoms. The number of para-hydroxylation sites is 2. The van der Waals surface area contributed by atoms with Gasteiger partial charge >= 0.3 is 0 Å². The zero-order valence-electron chi connectivity index (χ0n) is 15.4. The van der Waals surface area contributed by atoms with Gasteiger partial charge in [-0.25, -0.2) is 4.68 Å². The quantitative estimate of drug-likeness (QED) is 0.606. The number of ether oxygens (including phenoxy) is 1. The van der Waals surface area contributed by atoms with Crippen LogP contribution >= 0.6 is 0 Å². The van der Waals surface area contributed by atoms with Crippen LogP contribution in [0.25, 0.3) is 5.69 Å². The summed E-state index contributed by atoms with van der Waals surface area (Å²) in [5.74, 6) is 0.892. The second kappa shape index (κ2) is 8.50. The fourth-order valence-electron chi connectivity index (χ4n) is 2.99. The van der Waals surface area contributed by atoms with E-state index in [1.54, 1.807) is 6.08 Å². The van der Waals surface area contributed by atoms with E-state index in [1.165, 1.54) is 5.56 Å². The first kappa shape index (κ1) is 18.0. The van der Waals surface area contributed by atoms with Gasteiger partial charge in [-0.15, -0.1) is 0 Å². The van der Waals surface area contributed by atoms with Gasteiger partial charge in [0.25, 0.3) is 0 Å². The third-order valence-corrected chi connectivity index (χ3v) is 4.44. The Kier molecular flexibility index (Phi) is 5.87. The van der Waals surface area contributed by atoms with E-state index >= 15 is 0 Å². The summed E-state index contributed by atoms with van der Waals surface area (Å²) in [5, 5.41) is 8.14. The van der Waals surface area contributed by atoms with Crippen molar-refractivity contribution in [2.24, 2.45) is 0 Å². The molecule has 0 saturated heterocycles. The van der Waals surface area contributed by atoms with Crippen LogP contribution in [0.3, 0.4) is 0 Å². The molecule has 0 saturated carbocycles. The van der Waals surface area contributed by atoms with Crippen LogP contribution in [-0.4, -0.2) is 16.4 Å². The van der Waals surface area contributed by atoms with Crippen LogP contribution in [0, 0.1) is 6.92 Å². The third-order valence-electron chi connectivity index (χ3n) is 4.44. The van der Waals surface area contributed by atoms with Crippen LogP contribution in [0.2, 0.25) is 0 Å². The summed E-state index contributed by atoms with van der Waals surface area (Å²) in [6, 6.07) is 18.5. The molecule has 0 aliphatic heterocycles. The Balaban J connectivity index is 1.71. The van der Waals surface area contributed by atoms with Gasteiger partial charge in [0.1, 0.15) is 12.4 Å². The molecule has 0 amide bonds. The lowest BCUT2D eigenvalue weighted by molar-refractivity contribution is 0.357. The summed E-state index contributed by atoms with van der Waals surface area (Å²) < 4.78 is 7.72. The SMILES string of the molecule is C=CCOc1ccccc1CNC(C)c1cnn(-c2ccccc2)c1C. The van der Waals surface area contributed by atoms with E-state index in [2.05, 4.69) is 49.0 Å². The monoisotopic (exact) mass is 347 g/mol. The van der Waals surface area contributed by atoms with E-state index in [-0.39, 0.29) is 6.04 Å². The standard InChI is InChI=1S/C22H25N3O/c1-4-14-26-22-13-9-8-10-19(22)15-23-17(2)21-16-24-25(18(21)3)20-11-6-5-7-12-20/h4-13,16-17,23H,1,14-15H2,2-3H3. The average molecular weight is 347 g/mol. The average Bonchev–Trinajstić information content (AvgIpc) is 3.07. The summed E-state index contributed by atoms with van der Waals surface area (Å²) in [6.07, 6.45) is 3.70. The summed E-state index contributed by atoms with van der Waals surface area (Å²) in [6.45, 7) is 9.21. The van der Waals surface area contributed by atoms with Crippen LogP contribution in [0.15, 0.2) is 73.4 Å². The summed E-state index contributed by atoms with van der Waals surface area (Å²) in [5.41, 5.74) is 4.55. The number of nitrogens with one attached hydrogen (secondary N) is 1. The largest absolute Gasteiger partial charge is 0.489 e. The number of hydrogen-bond donors (Lipinski definition) is 1. The summed E-state index contributed by atoms with van der Waals surface area (Å²) >= 11 is 0. The van der Waals surface area contributed by atoms with E-state index in [0.29, 0.717) is 6.61 Å². The number of rotatable bonds is 8. The number of benzene rings is 2. The smallest absolute Gasteiger partial charge is 0.124 e. The minimum atomic E-state index is 0.180. The van der Waals surface area contributed by atoms with Crippen LogP contribution in [0.5, 0.6) is 5.75 Å². The zero-order valence-corrected chi connectivity index (χ0v) is 15.4. The molecule has 134 valence electrons. The minimum Gasteiger partial charge on any atom is -0.489 e. The minimum absolute atomic E-state index is 0.180. The fraction of sp³-hybridized carbons (Fsp3) is 0.227. The molecule has 3 aromatic rings. The summed E-state index contributed by atoms with van der Waals surface area (Å²) in [4.78, 5) is 0. The Morgan fingerprint density at radius 1 is 1.15 bits per heavy atom. The Morgan fingerprint density at radius 3 is 2.65 bits per heavy atom. The number of aromatic nitrogens is 2. The molecule has 1 unspecified atom stereocenters. The fourth-order valence-corrected chi connectivity index (χ4v) is 2.99. The van der Waals surface area contributed by atoms with E-state index < -0.39 is 0 Å². The molecule has 4 heteroatoms. The predicted octanol–water partition coefficient (Wildman–Crippen LogP) is 4.60. The lowest BCUT2D eigenvalue weighted by Gasteiger charge is -2.16. The molecule has 4 nitrogen and oxygen atoms in total.